The molecule has 29 heavy (non-hydrogen) atoms. The van der Waals surface area contributed by atoms with Gasteiger partial charge in [0.25, 0.3) is 5.91 Å². The van der Waals surface area contributed by atoms with Crippen molar-refractivity contribution in [1.82, 2.24) is 4.90 Å². The number of esters is 1. The van der Waals surface area contributed by atoms with Crippen molar-refractivity contribution < 1.29 is 19.1 Å². The Balaban J connectivity index is 1.62. The lowest BCUT2D eigenvalue weighted by Gasteiger charge is -2.31. The zero-order chi connectivity index (χ0) is 21.0. The molecule has 1 saturated heterocycles. The van der Waals surface area contributed by atoms with Gasteiger partial charge in [0.2, 0.25) is 0 Å². The average molecular weight is 416 g/mol. The third kappa shape index (κ3) is 5.18. The lowest BCUT2D eigenvalue weighted by Crippen LogP contribution is -2.42. The molecule has 0 aliphatic carbocycles. The van der Waals surface area contributed by atoms with Crippen LogP contribution in [0.4, 0.5) is 0 Å². The van der Waals surface area contributed by atoms with Gasteiger partial charge >= 0.3 is 5.97 Å². The molecule has 3 rings (SSSR count). The maximum absolute atomic E-state index is 12.9. The highest BCUT2D eigenvalue weighted by molar-refractivity contribution is 7.12. The second-order valence-electron chi connectivity index (χ2n) is 7.66. The predicted molar refractivity (Wildman–Crippen MR) is 115 cm³/mol. The van der Waals surface area contributed by atoms with Crippen LogP contribution in [-0.2, 0) is 16.1 Å². The molecule has 1 aromatic carbocycles. The molecule has 0 spiro atoms. The number of benzene rings is 1. The minimum atomic E-state index is -0.219. The molecule has 1 aliphatic rings. The van der Waals surface area contributed by atoms with Gasteiger partial charge in [-0.15, -0.1) is 11.3 Å². The molecule has 156 valence electrons. The Bertz CT molecular complexity index is 889. The molecule has 1 aliphatic heterocycles. The molecular weight excluding hydrogens is 386 g/mol. The summed E-state index contributed by atoms with van der Waals surface area (Å²) in [6.45, 7) is 9.92. The smallest absolute Gasteiger partial charge is 0.310 e. The topological polar surface area (TPSA) is 55.8 Å². The summed E-state index contributed by atoms with van der Waals surface area (Å²) in [4.78, 5) is 27.4. The van der Waals surface area contributed by atoms with Crippen LogP contribution in [0.5, 0.6) is 5.75 Å². The Kier molecular flexibility index (Phi) is 6.96. The number of amides is 1. The van der Waals surface area contributed by atoms with Gasteiger partial charge in [0, 0.05) is 18.7 Å². The standard InChI is InChI=1S/C23H29NO4S/c1-5-27-23(26)19-7-6-8-24(12-19)22(25)21-11-18(14-29-21)13-28-20-10-15(2)9-16(3)17(20)4/h9-11,14,19H,5-8,12-13H2,1-4H3. The van der Waals surface area contributed by atoms with Gasteiger partial charge in [-0.3, -0.25) is 9.59 Å². The summed E-state index contributed by atoms with van der Waals surface area (Å²) in [5, 5.41) is 1.97. The van der Waals surface area contributed by atoms with Gasteiger partial charge in [0.1, 0.15) is 12.4 Å². The zero-order valence-corrected chi connectivity index (χ0v) is 18.4. The van der Waals surface area contributed by atoms with Crippen molar-refractivity contribution in [3.05, 3.63) is 50.7 Å². The summed E-state index contributed by atoms with van der Waals surface area (Å²) in [5.74, 6) is 0.449. The summed E-state index contributed by atoms with van der Waals surface area (Å²) in [7, 11) is 0. The Labute approximate surface area is 176 Å². The first-order valence-electron chi connectivity index (χ1n) is 10.1. The van der Waals surface area contributed by atoms with Crippen molar-refractivity contribution in [2.45, 2.75) is 47.1 Å². The van der Waals surface area contributed by atoms with Crippen molar-refractivity contribution in [2.75, 3.05) is 19.7 Å². The molecule has 1 fully saturated rings. The van der Waals surface area contributed by atoms with Crippen LogP contribution in [0.1, 0.15) is 51.7 Å². The molecule has 1 amide bonds. The van der Waals surface area contributed by atoms with Crippen molar-refractivity contribution in [3.8, 4) is 5.75 Å². The van der Waals surface area contributed by atoms with Crippen molar-refractivity contribution in [2.24, 2.45) is 5.92 Å². The maximum Gasteiger partial charge on any atom is 0.310 e. The minimum absolute atomic E-state index is 0.0159. The molecule has 6 heteroatoms. The first-order valence-corrected chi connectivity index (χ1v) is 11.0. The third-order valence-electron chi connectivity index (χ3n) is 5.35. The number of hydrogen-bond acceptors (Lipinski definition) is 5. The van der Waals surface area contributed by atoms with E-state index in [0.29, 0.717) is 31.2 Å². The second-order valence-corrected chi connectivity index (χ2v) is 8.57. The predicted octanol–water partition coefficient (Wildman–Crippen LogP) is 4.67. The number of rotatable bonds is 6. The van der Waals surface area contributed by atoms with Crippen LogP contribution in [0.3, 0.4) is 0 Å². The monoisotopic (exact) mass is 415 g/mol. The van der Waals surface area contributed by atoms with E-state index in [1.165, 1.54) is 22.5 Å². The Morgan fingerprint density at radius 2 is 2.00 bits per heavy atom. The van der Waals surface area contributed by atoms with E-state index in [1.54, 1.807) is 11.8 Å². The SMILES string of the molecule is CCOC(=O)C1CCCN(C(=O)c2cc(COc3cc(C)cc(C)c3C)cs2)C1. The second kappa shape index (κ2) is 9.44. The first-order chi connectivity index (χ1) is 13.9. The van der Waals surface area contributed by atoms with E-state index in [0.717, 1.165) is 29.7 Å². The molecule has 5 nitrogen and oxygen atoms in total. The minimum Gasteiger partial charge on any atom is -0.489 e. The van der Waals surface area contributed by atoms with Crippen LogP contribution in [-0.4, -0.2) is 36.5 Å². The van der Waals surface area contributed by atoms with E-state index in [-0.39, 0.29) is 17.8 Å². The molecule has 1 aromatic heterocycles. The lowest BCUT2D eigenvalue weighted by atomic mass is 9.98. The normalized spacial score (nSPS) is 16.6. The summed E-state index contributed by atoms with van der Waals surface area (Å²) >= 11 is 1.43. The molecule has 2 aromatic rings. The molecule has 2 heterocycles. The Morgan fingerprint density at radius 1 is 1.21 bits per heavy atom. The number of likely N-dealkylation sites (tertiary alicyclic amines) is 1. The van der Waals surface area contributed by atoms with E-state index in [2.05, 4.69) is 26.8 Å². The van der Waals surface area contributed by atoms with Crippen LogP contribution in [0.25, 0.3) is 0 Å². The molecule has 0 saturated carbocycles. The first kappa shape index (κ1) is 21.4. The number of nitrogens with zero attached hydrogens (tertiary/aromatic N) is 1. The molecule has 1 atom stereocenters. The van der Waals surface area contributed by atoms with Gasteiger partial charge < -0.3 is 14.4 Å². The summed E-state index contributed by atoms with van der Waals surface area (Å²) < 4.78 is 11.1. The Morgan fingerprint density at radius 3 is 2.76 bits per heavy atom. The summed E-state index contributed by atoms with van der Waals surface area (Å²) in [5.41, 5.74) is 4.50. The number of hydrogen-bond donors (Lipinski definition) is 0. The molecule has 0 N–H and O–H groups in total. The van der Waals surface area contributed by atoms with Crippen LogP contribution in [0, 0.1) is 26.7 Å². The van der Waals surface area contributed by atoms with E-state index >= 15 is 0 Å². The Hall–Kier alpha value is -2.34. The van der Waals surface area contributed by atoms with Gasteiger partial charge in [-0.1, -0.05) is 6.07 Å². The quantitative estimate of drug-likeness (QED) is 0.644. The molecule has 1 unspecified atom stereocenters. The largest absolute Gasteiger partial charge is 0.489 e. The van der Waals surface area contributed by atoms with Crippen molar-refractivity contribution in [1.29, 1.82) is 0 Å². The average Bonchev–Trinajstić information content (AvgIpc) is 3.18. The van der Waals surface area contributed by atoms with Crippen LogP contribution >= 0.6 is 11.3 Å². The fourth-order valence-electron chi connectivity index (χ4n) is 3.65. The maximum atomic E-state index is 12.9. The highest BCUT2D eigenvalue weighted by Gasteiger charge is 2.30. The van der Waals surface area contributed by atoms with Gasteiger partial charge in [-0.25, -0.2) is 0 Å². The summed E-state index contributed by atoms with van der Waals surface area (Å²) in [6, 6.07) is 6.09. The zero-order valence-electron chi connectivity index (χ0n) is 17.6. The number of aryl methyl sites for hydroxylation is 2. The number of piperidine rings is 1. The number of ether oxygens (including phenoxy) is 2. The van der Waals surface area contributed by atoms with Crippen LogP contribution in [0.15, 0.2) is 23.6 Å². The van der Waals surface area contributed by atoms with Gasteiger partial charge in [-0.05, 0) is 74.7 Å². The van der Waals surface area contributed by atoms with E-state index in [9.17, 15) is 9.59 Å². The van der Waals surface area contributed by atoms with Gasteiger partial charge in [0.15, 0.2) is 0 Å². The van der Waals surface area contributed by atoms with E-state index in [1.807, 2.05) is 17.5 Å². The highest BCUT2D eigenvalue weighted by Crippen LogP contribution is 2.26. The number of carbonyl (C=O) groups excluding carboxylic acids is 2. The number of carbonyl (C=O) groups is 2. The fourth-order valence-corrected chi connectivity index (χ4v) is 4.51. The fraction of sp³-hybridized carbons (Fsp3) is 0.478. The molecule has 0 bridgehead atoms. The van der Waals surface area contributed by atoms with Crippen LogP contribution < -0.4 is 4.74 Å². The van der Waals surface area contributed by atoms with Gasteiger partial charge in [0.05, 0.1) is 17.4 Å². The molecule has 0 radical (unpaired) electrons. The van der Waals surface area contributed by atoms with Crippen LogP contribution in [0.2, 0.25) is 0 Å². The number of thiophene rings is 1. The van der Waals surface area contributed by atoms with Crippen molar-refractivity contribution >= 4 is 23.2 Å². The van der Waals surface area contributed by atoms with Crippen molar-refractivity contribution in [3.63, 3.8) is 0 Å². The molecular formula is C23H29NO4S. The highest BCUT2D eigenvalue weighted by atomic mass is 32.1. The lowest BCUT2D eigenvalue weighted by molar-refractivity contribution is -0.149. The van der Waals surface area contributed by atoms with E-state index < -0.39 is 0 Å². The van der Waals surface area contributed by atoms with E-state index in [4.69, 9.17) is 9.47 Å². The third-order valence-corrected chi connectivity index (χ3v) is 6.32. The van der Waals surface area contributed by atoms with Gasteiger partial charge in [-0.2, -0.15) is 0 Å². The summed E-state index contributed by atoms with van der Waals surface area (Å²) in [6.07, 6.45) is 1.60.